The maximum Gasteiger partial charge on any atom is 0.0775 e. The Labute approximate surface area is 121 Å². The third kappa shape index (κ3) is 5.39. The van der Waals surface area contributed by atoms with Gasteiger partial charge in [-0.2, -0.15) is 0 Å². The molecule has 0 unspecified atom stereocenters. The first-order valence-corrected chi connectivity index (χ1v) is 11.3. The van der Waals surface area contributed by atoms with Crippen LogP contribution in [0.25, 0.3) is 0 Å². The molecule has 108 valence electrons. The summed E-state index contributed by atoms with van der Waals surface area (Å²) in [6.07, 6.45) is 5.13. The molecule has 0 N–H and O–H groups in total. The molecule has 0 radical (unpaired) electrons. The highest BCUT2D eigenvalue weighted by Gasteiger charge is 2.16. The van der Waals surface area contributed by atoms with E-state index in [0.717, 1.165) is 0 Å². The average Bonchev–Trinajstić information content (AvgIpc) is 2.38. The lowest BCUT2D eigenvalue weighted by molar-refractivity contribution is 0.678. The molecule has 0 fully saturated rings. The fraction of sp³-hybridized carbons (Fsp3) is 0.647. The summed E-state index contributed by atoms with van der Waals surface area (Å²) >= 11 is 0. The van der Waals surface area contributed by atoms with Gasteiger partial charge in [0.15, 0.2) is 0 Å². The third-order valence-corrected chi connectivity index (χ3v) is 5.73. The zero-order valence-corrected chi connectivity index (χ0v) is 14.5. The minimum Gasteiger partial charge on any atom is -0.372 e. The quantitative estimate of drug-likeness (QED) is 0.626. The fourth-order valence-electron chi connectivity index (χ4n) is 2.24. The molecule has 1 nitrogen and oxygen atoms in total. The van der Waals surface area contributed by atoms with E-state index in [1.165, 1.54) is 44.5 Å². The van der Waals surface area contributed by atoms with Crippen LogP contribution in [0.15, 0.2) is 24.3 Å². The van der Waals surface area contributed by atoms with Gasteiger partial charge in [-0.15, -0.1) is 0 Å². The number of unbranched alkanes of at least 4 members (excludes halogenated alkanes) is 2. The van der Waals surface area contributed by atoms with Crippen molar-refractivity contribution < 1.29 is 0 Å². The van der Waals surface area contributed by atoms with Gasteiger partial charge in [-0.25, -0.2) is 0 Å². The zero-order valence-electron chi connectivity index (χ0n) is 13.5. The van der Waals surface area contributed by atoms with Gasteiger partial charge in [0.2, 0.25) is 0 Å². The van der Waals surface area contributed by atoms with Crippen LogP contribution in [0.2, 0.25) is 19.6 Å². The highest BCUT2D eigenvalue weighted by atomic mass is 28.3. The van der Waals surface area contributed by atoms with Crippen molar-refractivity contribution in [1.29, 1.82) is 0 Å². The lowest BCUT2D eigenvalue weighted by atomic mass is 10.2. The summed E-state index contributed by atoms with van der Waals surface area (Å²) in [7, 11) is -1.16. The Hall–Kier alpha value is -0.763. The summed E-state index contributed by atoms with van der Waals surface area (Å²) in [5.41, 5.74) is 1.41. The lowest BCUT2D eigenvalue weighted by Gasteiger charge is -2.26. The van der Waals surface area contributed by atoms with E-state index in [1.54, 1.807) is 5.19 Å². The smallest absolute Gasteiger partial charge is 0.0775 e. The lowest BCUT2D eigenvalue weighted by Crippen LogP contribution is -2.37. The molecular formula is C17H31NSi. The van der Waals surface area contributed by atoms with E-state index in [0.29, 0.717) is 0 Å². The highest BCUT2D eigenvalue weighted by Crippen LogP contribution is 2.16. The molecule has 19 heavy (non-hydrogen) atoms. The topological polar surface area (TPSA) is 3.24 Å². The second-order valence-corrected chi connectivity index (χ2v) is 11.6. The third-order valence-electron chi connectivity index (χ3n) is 3.66. The SMILES string of the molecule is CCCCN(CCCC)c1ccc([Si](C)(C)C)cc1. The summed E-state index contributed by atoms with van der Waals surface area (Å²) in [5, 5.41) is 1.56. The van der Waals surface area contributed by atoms with Crippen molar-refractivity contribution in [2.24, 2.45) is 0 Å². The second-order valence-electron chi connectivity index (χ2n) is 6.49. The molecule has 0 aliphatic heterocycles. The van der Waals surface area contributed by atoms with E-state index in [2.05, 4.69) is 62.7 Å². The Morgan fingerprint density at radius 1 is 0.842 bits per heavy atom. The molecule has 0 saturated heterocycles. The summed E-state index contributed by atoms with van der Waals surface area (Å²) in [6, 6.07) is 9.37. The predicted molar refractivity (Wildman–Crippen MR) is 91.5 cm³/mol. The fourth-order valence-corrected chi connectivity index (χ4v) is 3.41. The van der Waals surface area contributed by atoms with Gasteiger partial charge in [0.05, 0.1) is 8.07 Å². The Balaban J connectivity index is 2.78. The maximum absolute atomic E-state index is 2.56. The molecule has 0 atom stereocenters. The summed E-state index contributed by atoms with van der Waals surface area (Å²) in [5.74, 6) is 0. The molecule has 0 aromatic heterocycles. The number of anilines is 1. The van der Waals surface area contributed by atoms with Gasteiger partial charge < -0.3 is 4.90 Å². The van der Waals surface area contributed by atoms with Crippen molar-refractivity contribution in [2.45, 2.75) is 59.2 Å². The van der Waals surface area contributed by atoms with Crippen LogP contribution in [0.3, 0.4) is 0 Å². The predicted octanol–water partition coefficient (Wildman–Crippen LogP) is 4.64. The van der Waals surface area contributed by atoms with Crippen molar-refractivity contribution in [3.8, 4) is 0 Å². The van der Waals surface area contributed by atoms with Crippen molar-refractivity contribution in [3.63, 3.8) is 0 Å². The number of benzene rings is 1. The molecule has 1 rings (SSSR count). The van der Waals surface area contributed by atoms with Gasteiger partial charge in [0, 0.05) is 18.8 Å². The molecule has 0 amide bonds. The highest BCUT2D eigenvalue weighted by molar-refractivity contribution is 6.88. The molecule has 0 saturated carbocycles. The van der Waals surface area contributed by atoms with Crippen molar-refractivity contribution in [1.82, 2.24) is 0 Å². The molecule has 2 heteroatoms. The molecule has 0 bridgehead atoms. The monoisotopic (exact) mass is 277 g/mol. The molecule has 0 aliphatic carbocycles. The molecule has 0 spiro atoms. The van der Waals surface area contributed by atoms with E-state index in [4.69, 9.17) is 0 Å². The second kappa shape index (κ2) is 7.74. The maximum atomic E-state index is 2.56. The number of hydrogen-bond donors (Lipinski definition) is 0. The van der Waals surface area contributed by atoms with Gasteiger partial charge in [0.1, 0.15) is 0 Å². The largest absolute Gasteiger partial charge is 0.372 e. The zero-order chi connectivity index (χ0) is 14.3. The van der Waals surface area contributed by atoms with E-state index in [1.807, 2.05) is 0 Å². The standard InChI is InChI=1S/C17H31NSi/c1-6-8-14-18(15-9-7-2)16-10-12-17(13-11-16)19(3,4)5/h10-13H,6-9,14-15H2,1-5H3. The number of hydrogen-bond acceptors (Lipinski definition) is 1. The Morgan fingerprint density at radius 2 is 1.32 bits per heavy atom. The first-order chi connectivity index (χ1) is 8.99. The van der Waals surface area contributed by atoms with Crippen LogP contribution in [-0.2, 0) is 0 Å². The van der Waals surface area contributed by atoms with Crippen molar-refractivity contribution in [2.75, 3.05) is 18.0 Å². The minimum atomic E-state index is -1.16. The molecular weight excluding hydrogens is 246 g/mol. The van der Waals surface area contributed by atoms with E-state index >= 15 is 0 Å². The molecule has 1 aromatic carbocycles. The normalized spacial score (nSPS) is 11.6. The van der Waals surface area contributed by atoms with E-state index in [-0.39, 0.29) is 0 Å². The summed E-state index contributed by atoms with van der Waals surface area (Å²) in [4.78, 5) is 2.56. The van der Waals surface area contributed by atoms with Crippen molar-refractivity contribution in [3.05, 3.63) is 24.3 Å². The van der Waals surface area contributed by atoms with E-state index in [9.17, 15) is 0 Å². The van der Waals surface area contributed by atoms with Crippen LogP contribution < -0.4 is 10.1 Å². The Bertz CT molecular complexity index is 343. The Kier molecular flexibility index (Phi) is 6.63. The van der Waals surface area contributed by atoms with Crippen LogP contribution >= 0.6 is 0 Å². The number of rotatable bonds is 8. The Morgan fingerprint density at radius 3 is 1.68 bits per heavy atom. The van der Waals surface area contributed by atoms with Crippen LogP contribution in [0.4, 0.5) is 5.69 Å². The van der Waals surface area contributed by atoms with Crippen LogP contribution in [0.5, 0.6) is 0 Å². The molecule has 0 heterocycles. The molecule has 1 aromatic rings. The van der Waals surface area contributed by atoms with Crippen LogP contribution in [-0.4, -0.2) is 21.2 Å². The van der Waals surface area contributed by atoms with Gasteiger partial charge >= 0.3 is 0 Å². The van der Waals surface area contributed by atoms with Gasteiger partial charge in [-0.05, 0) is 25.0 Å². The van der Waals surface area contributed by atoms with Gasteiger partial charge in [-0.1, -0.05) is 63.6 Å². The average molecular weight is 278 g/mol. The van der Waals surface area contributed by atoms with Gasteiger partial charge in [0.25, 0.3) is 0 Å². The van der Waals surface area contributed by atoms with Crippen molar-refractivity contribution >= 4 is 18.9 Å². The van der Waals surface area contributed by atoms with E-state index < -0.39 is 8.07 Å². The first kappa shape index (κ1) is 16.3. The first-order valence-electron chi connectivity index (χ1n) is 7.84. The summed E-state index contributed by atoms with van der Waals surface area (Å²) in [6.45, 7) is 14.2. The minimum absolute atomic E-state index is 1.16. The molecule has 0 aliphatic rings. The van der Waals surface area contributed by atoms with Crippen LogP contribution in [0, 0.1) is 0 Å². The van der Waals surface area contributed by atoms with Crippen LogP contribution in [0.1, 0.15) is 39.5 Å². The summed E-state index contributed by atoms with van der Waals surface area (Å²) < 4.78 is 0. The van der Waals surface area contributed by atoms with Gasteiger partial charge in [-0.3, -0.25) is 0 Å². The number of nitrogens with zero attached hydrogens (tertiary/aromatic N) is 1.